The average Bonchev–Trinajstić information content (AvgIpc) is 2.57. The second-order valence-electron chi connectivity index (χ2n) is 2.94. The molecule has 1 atom stereocenters. The normalized spacial score (nSPS) is 20.4. The van der Waals surface area contributed by atoms with Crippen molar-refractivity contribution in [2.75, 3.05) is 6.61 Å². The van der Waals surface area contributed by atoms with Gasteiger partial charge in [0, 0.05) is 5.56 Å². The van der Waals surface area contributed by atoms with E-state index in [-0.39, 0.29) is 18.2 Å². The van der Waals surface area contributed by atoms with E-state index >= 15 is 0 Å². The molecule has 0 amide bonds. The van der Waals surface area contributed by atoms with Crippen LogP contribution >= 0.6 is 0 Å². The van der Waals surface area contributed by atoms with Crippen molar-refractivity contribution in [3.8, 4) is 0 Å². The highest BCUT2D eigenvalue weighted by Gasteiger charge is 2.23. The van der Waals surface area contributed by atoms with E-state index < -0.39 is 17.7 Å². The van der Waals surface area contributed by atoms with E-state index in [1.807, 2.05) is 0 Å². The van der Waals surface area contributed by atoms with Gasteiger partial charge in [0.25, 0.3) is 6.02 Å². The number of nitrogens with zero attached hydrogens (tertiary/aromatic N) is 1. The van der Waals surface area contributed by atoms with E-state index in [9.17, 15) is 8.78 Å². The first-order valence-corrected chi connectivity index (χ1v) is 4.08. The van der Waals surface area contributed by atoms with Crippen molar-refractivity contribution in [3.63, 3.8) is 0 Å². The standard InChI is InChI=1S/C9H8F2N2O/c10-6-3-1-2-5(8(6)11)7-4-14-9(12)13-7/h1-3,7H,4H2,(H2,12,13)/t7-/m1/s1. The molecule has 2 N–H and O–H groups in total. The maximum atomic E-state index is 13.2. The van der Waals surface area contributed by atoms with Crippen molar-refractivity contribution in [1.29, 1.82) is 0 Å². The molecule has 2 rings (SSSR count). The highest BCUT2D eigenvalue weighted by atomic mass is 19.2. The highest BCUT2D eigenvalue weighted by Crippen LogP contribution is 2.25. The van der Waals surface area contributed by atoms with Gasteiger partial charge >= 0.3 is 0 Å². The van der Waals surface area contributed by atoms with Crippen LogP contribution in [0.2, 0.25) is 0 Å². The molecule has 0 fully saturated rings. The largest absolute Gasteiger partial charge is 0.463 e. The van der Waals surface area contributed by atoms with Gasteiger partial charge in [-0.25, -0.2) is 13.8 Å². The molecule has 1 aromatic carbocycles. The van der Waals surface area contributed by atoms with Crippen LogP contribution in [0.25, 0.3) is 0 Å². The number of ether oxygens (including phenoxy) is 1. The fourth-order valence-electron chi connectivity index (χ4n) is 1.33. The Bertz CT molecular complexity index is 392. The Kier molecular flexibility index (Phi) is 2.07. The summed E-state index contributed by atoms with van der Waals surface area (Å²) in [5.41, 5.74) is 5.43. The third-order valence-electron chi connectivity index (χ3n) is 2.01. The first-order chi connectivity index (χ1) is 6.68. The van der Waals surface area contributed by atoms with E-state index in [2.05, 4.69) is 4.99 Å². The van der Waals surface area contributed by atoms with Crippen molar-refractivity contribution in [2.45, 2.75) is 6.04 Å². The van der Waals surface area contributed by atoms with E-state index in [0.29, 0.717) is 0 Å². The van der Waals surface area contributed by atoms with Gasteiger partial charge in [-0.2, -0.15) is 0 Å². The van der Waals surface area contributed by atoms with Crippen LogP contribution in [0.1, 0.15) is 11.6 Å². The quantitative estimate of drug-likeness (QED) is 0.740. The molecule has 0 aromatic heterocycles. The van der Waals surface area contributed by atoms with E-state index in [4.69, 9.17) is 10.5 Å². The van der Waals surface area contributed by atoms with Gasteiger partial charge in [-0.15, -0.1) is 0 Å². The van der Waals surface area contributed by atoms with Gasteiger partial charge in [0.2, 0.25) is 0 Å². The van der Waals surface area contributed by atoms with Crippen LogP contribution in [0.5, 0.6) is 0 Å². The van der Waals surface area contributed by atoms with E-state index in [1.54, 1.807) is 0 Å². The van der Waals surface area contributed by atoms with Gasteiger partial charge in [-0.05, 0) is 6.07 Å². The Labute approximate surface area is 79.2 Å². The molecular weight excluding hydrogens is 190 g/mol. The lowest BCUT2D eigenvalue weighted by atomic mass is 10.1. The number of rotatable bonds is 1. The lowest BCUT2D eigenvalue weighted by molar-refractivity contribution is 0.311. The Morgan fingerprint density at radius 2 is 2.21 bits per heavy atom. The molecular formula is C9H8F2N2O. The number of halogens is 2. The molecule has 0 unspecified atom stereocenters. The van der Waals surface area contributed by atoms with Crippen molar-refractivity contribution in [2.24, 2.45) is 10.7 Å². The second kappa shape index (κ2) is 3.25. The first-order valence-electron chi connectivity index (χ1n) is 4.08. The van der Waals surface area contributed by atoms with Crippen LogP contribution in [0.4, 0.5) is 8.78 Å². The predicted octanol–water partition coefficient (Wildman–Crippen LogP) is 1.35. The summed E-state index contributed by atoms with van der Waals surface area (Å²) in [5, 5.41) is 0. The zero-order valence-electron chi connectivity index (χ0n) is 7.21. The fraction of sp³-hybridized carbons (Fsp3) is 0.222. The lowest BCUT2D eigenvalue weighted by Gasteiger charge is -2.06. The Hall–Kier alpha value is -1.65. The molecule has 0 bridgehead atoms. The van der Waals surface area contributed by atoms with Crippen molar-refractivity contribution in [1.82, 2.24) is 0 Å². The van der Waals surface area contributed by atoms with Crippen LogP contribution in [0.15, 0.2) is 23.2 Å². The average molecular weight is 198 g/mol. The number of nitrogens with two attached hydrogens (primary N) is 1. The molecule has 1 aromatic rings. The molecule has 0 saturated heterocycles. The number of hydrogen-bond donors (Lipinski definition) is 1. The molecule has 0 spiro atoms. The smallest absolute Gasteiger partial charge is 0.282 e. The zero-order chi connectivity index (χ0) is 10.1. The molecule has 5 heteroatoms. The molecule has 0 aliphatic carbocycles. The van der Waals surface area contributed by atoms with Gasteiger partial charge in [0.05, 0.1) is 0 Å². The molecule has 0 saturated carbocycles. The lowest BCUT2D eigenvalue weighted by Crippen LogP contribution is -2.10. The van der Waals surface area contributed by atoms with Crippen molar-refractivity contribution < 1.29 is 13.5 Å². The number of aliphatic imine (C=N–C) groups is 1. The fourth-order valence-corrected chi connectivity index (χ4v) is 1.33. The zero-order valence-corrected chi connectivity index (χ0v) is 7.21. The molecule has 1 aliphatic rings. The minimum atomic E-state index is -0.889. The van der Waals surface area contributed by atoms with Gasteiger partial charge in [-0.1, -0.05) is 12.1 Å². The summed E-state index contributed by atoms with van der Waals surface area (Å²) < 4.78 is 30.9. The van der Waals surface area contributed by atoms with Crippen LogP contribution in [0, 0.1) is 11.6 Å². The maximum Gasteiger partial charge on any atom is 0.282 e. The van der Waals surface area contributed by atoms with Gasteiger partial charge < -0.3 is 10.5 Å². The van der Waals surface area contributed by atoms with Crippen LogP contribution < -0.4 is 5.73 Å². The van der Waals surface area contributed by atoms with Crippen molar-refractivity contribution >= 4 is 6.02 Å². The van der Waals surface area contributed by atoms with Gasteiger partial charge in [0.15, 0.2) is 11.6 Å². The summed E-state index contributed by atoms with van der Waals surface area (Å²) in [6.07, 6.45) is 0. The topological polar surface area (TPSA) is 47.6 Å². The molecule has 1 aliphatic heterocycles. The van der Waals surface area contributed by atoms with E-state index in [0.717, 1.165) is 6.07 Å². The van der Waals surface area contributed by atoms with Gasteiger partial charge in [-0.3, -0.25) is 0 Å². The molecule has 14 heavy (non-hydrogen) atoms. The summed E-state index contributed by atoms with van der Waals surface area (Å²) in [6, 6.07) is 3.43. The summed E-state index contributed by atoms with van der Waals surface area (Å²) in [6.45, 7) is 0.159. The molecule has 1 heterocycles. The summed E-state index contributed by atoms with van der Waals surface area (Å²) in [7, 11) is 0. The van der Waals surface area contributed by atoms with E-state index in [1.165, 1.54) is 12.1 Å². The Balaban J connectivity index is 2.37. The Morgan fingerprint density at radius 3 is 2.86 bits per heavy atom. The molecule has 0 radical (unpaired) electrons. The third-order valence-corrected chi connectivity index (χ3v) is 2.01. The predicted molar refractivity (Wildman–Crippen MR) is 46.7 cm³/mol. The highest BCUT2D eigenvalue weighted by molar-refractivity contribution is 5.73. The Morgan fingerprint density at radius 1 is 1.43 bits per heavy atom. The van der Waals surface area contributed by atoms with Crippen molar-refractivity contribution in [3.05, 3.63) is 35.4 Å². The summed E-state index contributed by atoms with van der Waals surface area (Å²) in [4.78, 5) is 3.83. The van der Waals surface area contributed by atoms with Crippen LogP contribution in [0.3, 0.4) is 0 Å². The number of amidine groups is 1. The number of benzene rings is 1. The number of hydrogen-bond acceptors (Lipinski definition) is 3. The van der Waals surface area contributed by atoms with Gasteiger partial charge in [0.1, 0.15) is 12.6 Å². The monoisotopic (exact) mass is 198 g/mol. The minimum absolute atomic E-state index is 0.0126. The summed E-state index contributed by atoms with van der Waals surface area (Å²) >= 11 is 0. The van der Waals surface area contributed by atoms with Crippen LogP contribution in [-0.2, 0) is 4.74 Å². The second-order valence-corrected chi connectivity index (χ2v) is 2.94. The molecule has 3 nitrogen and oxygen atoms in total. The SMILES string of the molecule is NC1=N[C@@H](c2cccc(F)c2F)CO1. The third kappa shape index (κ3) is 1.41. The first kappa shape index (κ1) is 8.93. The molecule has 74 valence electrons. The van der Waals surface area contributed by atoms with Crippen LogP contribution in [-0.4, -0.2) is 12.6 Å². The minimum Gasteiger partial charge on any atom is -0.463 e. The maximum absolute atomic E-state index is 13.2. The summed E-state index contributed by atoms with van der Waals surface area (Å²) in [5.74, 6) is -1.78.